The summed E-state index contributed by atoms with van der Waals surface area (Å²) in [6, 6.07) is 33.8. The molecule has 0 saturated carbocycles. The largest absolute Gasteiger partial charge is 0.304 e. The van der Waals surface area contributed by atoms with Gasteiger partial charge in [-0.25, -0.2) is 5.06 Å². The molecule has 0 fully saturated rings. The maximum Gasteiger partial charge on any atom is 0.244 e. The van der Waals surface area contributed by atoms with Gasteiger partial charge in [-0.05, 0) is 89.3 Å². The van der Waals surface area contributed by atoms with E-state index in [0.717, 1.165) is 22.3 Å². The number of hydrogen-bond acceptors (Lipinski definition) is 3. The summed E-state index contributed by atoms with van der Waals surface area (Å²) in [7, 11) is 1.64. The normalized spacial score (nSPS) is 20.0. The van der Waals surface area contributed by atoms with Crippen molar-refractivity contribution in [3.8, 4) is 0 Å². The van der Waals surface area contributed by atoms with Crippen LogP contribution in [-0.2, 0) is 20.8 Å². The average Bonchev–Trinajstić information content (AvgIpc) is 2.98. The summed E-state index contributed by atoms with van der Waals surface area (Å²) in [5, 5.41) is 7.03. The molecule has 1 amide bonds. The first-order chi connectivity index (χ1) is 19.2. The van der Waals surface area contributed by atoms with Gasteiger partial charge in [-0.3, -0.25) is 9.63 Å². The molecule has 0 aromatic heterocycles. The van der Waals surface area contributed by atoms with Crippen molar-refractivity contribution in [2.24, 2.45) is 4.99 Å². The standard InChI is InChI=1S/C18H17NO2.C16H14.C2H5N/c1-12(20)19-17(2)13-8-4-6-10-15(13)18(3,21-19)16-11-7-5-9-14(16)17;1-11-13-7-3-5-9-15(13)12(2)16-10-6-4-8-14(11)16;1-3-2/h4-11H,1-3H3;3-10H,1-2H3;1H2,2H3. The Morgan fingerprint density at radius 3 is 1.30 bits per heavy atom. The topological polar surface area (TPSA) is 41.9 Å². The van der Waals surface area contributed by atoms with Crippen molar-refractivity contribution in [1.29, 1.82) is 0 Å². The van der Waals surface area contributed by atoms with Gasteiger partial charge >= 0.3 is 0 Å². The molecule has 5 aromatic rings. The summed E-state index contributed by atoms with van der Waals surface area (Å²) in [6.45, 7) is 13.2. The van der Waals surface area contributed by atoms with E-state index < -0.39 is 11.1 Å². The third-order valence-corrected chi connectivity index (χ3v) is 8.37. The average molecular weight is 529 g/mol. The van der Waals surface area contributed by atoms with Crippen LogP contribution in [0.1, 0.15) is 54.2 Å². The predicted octanol–water partition coefficient (Wildman–Crippen LogP) is 8.25. The van der Waals surface area contributed by atoms with E-state index in [-0.39, 0.29) is 5.91 Å². The molecule has 0 spiro atoms. The molecule has 2 heterocycles. The van der Waals surface area contributed by atoms with Gasteiger partial charge in [0.25, 0.3) is 0 Å². The van der Waals surface area contributed by atoms with Crippen LogP contribution in [0.2, 0.25) is 0 Å². The highest BCUT2D eigenvalue weighted by atomic mass is 16.7. The minimum atomic E-state index is -0.614. The smallest absolute Gasteiger partial charge is 0.244 e. The van der Waals surface area contributed by atoms with Gasteiger partial charge in [0.15, 0.2) is 0 Å². The number of carbonyl (C=O) groups is 1. The number of carbonyl (C=O) groups excluding carboxylic acids is 1. The van der Waals surface area contributed by atoms with E-state index in [2.05, 4.69) is 105 Å². The monoisotopic (exact) mass is 528 g/mol. The van der Waals surface area contributed by atoms with Crippen LogP contribution in [0, 0.1) is 13.8 Å². The molecule has 0 N–H and O–H groups in total. The van der Waals surface area contributed by atoms with Gasteiger partial charge in [0.1, 0.15) is 11.1 Å². The summed E-state index contributed by atoms with van der Waals surface area (Å²) >= 11 is 0. The fraction of sp³-hybridized carbons (Fsp3) is 0.222. The number of aliphatic imine (C=N–C) groups is 1. The van der Waals surface area contributed by atoms with Gasteiger partial charge in [0.2, 0.25) is 5.91 Å². The third-order valence-electron chi connectivity index (χ3n) is 8.37. The lowest BCUT2D eigenvalue weighted by Gasteiger charge is -2.57. The molecule has 3 aliphatic rings. The molecule has 0 saturated heterocycles. The number of hydrogen-bond donors (Lipinski definition) is 0. The Kier molecular flexibility index (Phi) is 7.07. The van der Waals surface area contributed by atoms with Crippen LogP contribution >= 0.6 is 0 Å². The fourth-order valence-electron chi connectivity index (χ4n) is 6.47. The number of fused-ring (bicyclic) bond motifs is 3. The molecular weight excluding hydrogens is 492 g/mol. The number of hydroxylamine groups is 2. The zero-order valence-corrected chi connectivity index (χ0v) is 24.2. The van der Waals surface area contributed by atoms with Gasteiger partial charge in [-0.15, -0.1) is 0 Å². The van der Waals surface area contributed by atoms with Gasteiger partial charge in [0, 0.05) is 14.0 Å². The summed E-state index contributed by atoms with van der Waals surface area (Å²) in [4.78, 5) is 21.6. The Hall–Kier alpha value is -4.28. The Morgan fingerprint density at radius 2 is 0.975 bits per heavy atom. The Bertz CT molecular complexity index is 1590. The Balaban J connectivity index is 0.000000152. The highest BCUT2D eigenvalue weighted by molar-refractivity contribution is 6.05. The van der Waals surface area contributed by atoms with Crippen LogP contribution in [0.25, 0.3) is 21.5 Å². The molecule has 2 aliphatic heterocycles. The maximum atomic E-state index is 12.2. The van der Waals surface area contributed by atoms with Crippen molar-refractivity contribution in [2.45, 2.75) is 45.8 Å². The van der Waals surface area contributed by atoms with Crippen LogP contribution in [0.3, 0.4) is 0 Å². The highest BCUT2D eigenvalue weighted by Gasteiger charge is 2.58. The summed E-state index contributed by atoms with van der Waals surface area (Å²) in [5.74, 6) is -0.0762. The lowest BCUT2D eigenvalue weighted by molar-refractivity contribution is -0.281. The molecule has 0 radical (unpaired) electrons. The van der Waals surface area contributed by atoms with Gasteiger partial charge in [-0.1, -0.05) is 97.1 Å². The first kappa shape index (κ1) is 27.3. The Morgan fingerprint density at radius 1 is 0.675 bits per heavy atom. The highest BCUT2D eigenvalue weighted by Crippen LogP contribution is 2.57. The van der Waals surface area contributed by atoms with Gasteiger partial charge in [-0.2, -0.15) is 0 Å². The van der Waals surface area contributed by atoms with Crippen LogP contribution in [-0.4, -0.2) is 24.7 Å². The van der Waals surface area contributed by atoms with Crippen molar-refractivity contribution in [1.82, 2.24) is 5.06 Å². The quantitative estimate of drug-likeness (QED) is 0.150. The summed E-state index contributed by atoms with van der Waals surface area (Å²) < 4.78 is 0. The van der Waals surface area contributed by atoms with Crippen molar-refractivity contribution >= 4 is 34.2 Å². The van der Waals surface area contributed by atoms with E-state index in [9.17, 15) is 4.79 Å². The fourth-order valence-corrected chi connectivity index (χ4v) is 6.47. The van der Waals surface area contributed by atoms with Gasteiger partial charge in [0.05, 0.1) is 0 Å². The van der Waals surface area contributed by atoms with Crippen molar-refractivity contribution in [3.05, 3.63) is 130 Å². The summed E-state index contributed by atoms with van der Waals surface area (Å²) in [5.41, 5.74) is 6.16. The molecule has 1 aliphatic carbocycles. The van der Waals surface area contributed by atoms with Crippen molar-refractivity contribution in [2.75, 3.05) is 7.05 Å². The number of aryl methyl sites for hydroxylation is 2. The minimum absolute atomic E-state index is 0.0762. The minimum Gasteiger partial charge on any atom is -0.304 e. The molecule has 0 atom stereocenters. The van der Waals surface area contributed by atoms with Gasteiger partial charge < -0.3 is 4.99 Å². The van der Waals surface area contributed by atoms with Crippen LogP contribution in [0.4, 0.5) is 0 Å². The molecule has 4 nitrogen and oxygen atoms in total. The van der Waals surface area contributed by atoms with Crippen molar-refractivity contribution < 1.29 is 9.63 Å². The first-order valence-corrected chi connectivity index (χ1v) is 13.6. The molecule has 202 valence electrons. The van der Waals surface area contributed by atoms with Crippen LogP contribution in [0.5, 0.6) is 0 Å². The molecule has 40 heavy (non-hydrogen) atoms. The second-order valence-electron chi connectivity index (χ2n) is 10.8. The third kappa shape index (κ3) is 4.02. The van der Waals surface area contributed by atoms with E-state index in [1.54, 1.807) is 14.0 Å². The molecule has 2 bridgehead atoms. The van der Waals surface area contributed by atoms with Crippen LogP contribution in [0.15, 0.2) is 102 Å². The second-order valence-corrected chi connectivity index (χ2v) is 10.8. The number of amides is 1. The lowest BCUT2D eigenvalue weighted by atomic mass is 9.65. The lowest BCUT2D eigenvalue weighted by Crippen LogP contribution is -2.61. The van der Waals surface area contributed by atoms with E-state index in [1.165, 1.54) is 37.7 Å². The van der Waals surface area contributed by atoms with E-state index in [1.807, 2.05) is 31.2 Å². The molecule has 5 aromatic carbocycles. The number of rotatable bonds is 0. The number of benzene rings is 5. The Labute approximate surface area is 236 Å². The van der Waals surface area contributed by atoms with E-state index >= 15 is 0 Å². The van der Waals surface area contributed by atoms with Crippen molar-refractivity contribution in [3.63, 3.8) is 0 Å². The molecular formula is C36H36N2O2. The predicted molar refractivity (Wildman–Crippen MR) is 166 cm³/mol. The maximum absolute atomic E-state index is 12.2. The van der Waals surface area contributed by atoms with E-state index in [4.69, 9.17) is 4.84 Å². The van der Waals surface area contributed by atoms with Crippen LogP contribution < -0.4 is 0 Å². The zero-order chi connectivity index (χ0) is 28.7. The first-order valence-electron chi connectivity index (χ1n) is 13.6. The number of nitrogens with zero attached hydrogens (tertiary/aromatic N) is 2. The molecule has 8 rings (SSSR count). The molecule has 4 heteroatoms. The van der Waals surface area contributed by atoms with E-state index in [0.29, 0.717) is 0 Å². The molecule has 0 unspecified atom stereocenters. The summed E-state index contributed by atoms with van der Waals surface area (Å²) in [6.07, 6.45) is 0. The SMILES string of the molecule is C=NC.CC(=O)N1OC2(C)c3ccccc3C1(C)c1ccccc12.Cc1c2ccccc2c(C)c2ccccc12. The zero-order valence-electron chi connectivity index (χ0n) is 24.2. The second kappa shape index (κ2) is 10.4.